The Morgan fingerprint density at radius 2 is 1.96 bits per heavy atom. The summed E-state index contributed by atoms with van der Waals surface area (Å²) in [4.78, 5) is 28.1. The normalized spacial score (nSPS) is 17.8. The van der Waals surface area contributed by atoms with Crippen molar-refractivity contribution in [2.45, 2.75) is 49.2 Å². The first kappa shape index (κ1) is 19.8. The summed E-state index contributed by atoms with van der Waals surface area (Å²) in [6.45, 7) is 6.05. The monoisotopic (exact) mass is 366 g/mol. The van der Waals surface area contributed by atoms with Crippen LogP contribution in [0.2, 0.25) is 0 Å². The van der Waals surface area contributed by atoms with Crippen molar-refractivity contribution in [1.29, 1.82) is 0 Å². The molecule has 0 fully saturated rings. The van der Waals surface area contributed by atoms with Gasteiger partial charge in [0.05, 0.1) is 12.2 Å². The number of anilines is 1. The molecule has 6 nitrogen and oxygen atoms in total. The van der Waals surface area contributed by atoms with Crippen LogP contribution in [0, 0.1) is 0 Å². The van der Waals surface area contributed by atoms with Gasteiger partial charge in [-0.25, -0.2) is 0 Å². The summed E-state index contributed by atoms with van der Waals surface area (Å²) in [6.07, 6.45) is -0.152. The van der Waals surface area contributed by atoms with E-state index in [0.29, 0.717) is 6.42 Å². The molecule has 0 aromatic heterocycles. The molecule has 1 heterocycles. The lowest BCUT2D eigenvalue weighted by atomic mass is 10.1. The second-order valence-electron chi connectivity index (χ2n) is 6.59. The van der Waals surface area contributed by atoms with Crippen LogP contribution < -0.4 is 10.2 Å². The first-order valence-corrected chi connectivity index (χ1v) is 9.04. The molecule has 25 heavy (non-hydrogen) atoms. The van der Waals surface area contributed by atoms with E-state index in [2.05, 4.69) is 5.32 Å². The van der Waals surface area contributed by atoms with Crippen molar-refractivity contribution in [3.8, 4) is 0 Å². The van der Waals surface area contributed by atoms with E-state index in [1.807, 2.05) is 38.1 Å². The van der Waals surface area contributed by atoms with Gasteiger partial charge in [0.15, 0.2) is 6.29 Å². The number of thioether (sulfide) groups is 1. The van der Waals surface area contributed by atoms with Gasteiger partial charge in [0.2, 0.25) is 11.8 Å². The summed E-state index contributed by atoms with van der Waals surface area (Å²) in [5, 5.41) is 2.78. The fourth-order valence-electron chi connectivity index (χ4n) is 2.80. The number of carbonyl (C=O) groups is 2. The van der Waals surface area contributed by atoms with Crippen molar-refractivity contribution in [2.24, 2.45) is 0 Å². The van der Waals surface area contributed by atoms with E-state index in [0.717, 1.165) is 10.6 Å². The molecule has 0 bridgehead atoms. The summed E-state index contributed by atoms with van der Waals surface area (Å²) >= 11 is 1.66. The molecule has 1 aliphatic heterocycles. The second-order valence-corrected chi connectivity index (χ2v) is 8.34. The SMILES string of the molecule is COC(CNC(=O)C(C)N1C(=O)CC(C)(C)Sc2ccccc21)OC. The Balaban J connectivity index is 2.24. The van der Waals surface area contributed by atoms with Crippen LogP contribution in [0.4, 0.5) is 5.69 Å². The summed E-state index contributed by atoms with van der Waals surface area (Å²) in [7, 11) is 3.02. The van der Waals surface area contributed by atoms with E-state index in [1.165, 1.54) is 14.2 Å². The highest BCUT2D eigenvalue weighted by molar-refractivity contribution is 8.00. The maximum Gasteiger partial charge on any atom is 0.243 e. The molecule has 2 amide bonds. The number of ether oxygens (including phenoxy) is 2. The maximum atomic E-state index is 12.9. The fourth-order valence-corrected chi connectivity index (χ4v) is 4.00. The third-order valence-electron chi connectivity index (χ3n) is 4.09. The molecule has 138 valence electrons. The van der Waals surface area contributed by atoms with Gasteiger partial charge < -0.3 is 14.8 Å². The van der Waals surface area contributed by atoms with Crippen LogP contribution in [0.5, 0.6) is 0 Å². The topological polar surface area (TPSA) is 67.9 Å². The molecule has 1 aromatic rings. The number of carbonyl (C=O) groups excluding carboxylic acids is 2. The van der Waals surface area contributed by atoms with Crippen molar-refractivity contribution >= 4 is 29.3 Å². The van der Waals surface area contributed by atoms with Crippen molar-refractivity contribution < 1.29 is 19.1 Å². The number of nitrogens with zero attached hydrogens (tertiary/aromatic N) is 1. The van der Waals surface area contributed by atoms with E-state index >= 15 is 0 Å². The predicted molar refractivity (Wildman–Crippen MR) is 98.8 cm³/mol. The number of rotatable bonds is 6. The van der Waals surface area contributed by atoms with Crippen LogP contribution in [-0.2, 0) is 19.1 Å². The quantitative estimate of drug-likeness (QED) is 0.783. The molecule has 2 rings (SSSR count). The molecule has 0 aliphatic carbocycles. The van der Waals surface area contributed by atoms with E-state index in [4.69, 9.17) is 9.47 Å². The molecule has 1 aromatic carbocycles. The Morgan fingerprint density at radius 1 is 1.32 bits per heavy atom. The molecule has 0 saturated carbocycles. The zero-order valence-corrected chi connectivity index (χ0v) is 16.2. The van der Waals surface area contributed by atoms with Gasteiger partial charge in [0, 0.05) is 30.3 Å². The first-order chi connectivity index (χ1) is 11.8. The lowest BCUT2D eigenvalue weighted by Crippen LogP contribution is -2.50. The summed E-state index contributed by atoms with van der Waals surface area (Å²) in [6, 6.07) is 7.08. The zero-order chi connectivity index (χ0) is 18.6. The third kappa shape index (κ3) is 4.74. The van der Waals surface area contributed by atoms with Crippen LogP contribution in [0.15, 0.2) is 29.2 Å². The summed E-state index contributed by atoms with van der Waals surface area (Å²) in [5.41, 5.74) is 0.778. The van der Waals surface area contributed by atoms with Crippen LogP contribution in [0.1, 0.15) is 27.2 Å². The zero-order valence-electron chi connectivity index (χ0n) is 15.4. The van der Waals surface area contributed by atoms with Gasteiger partial charge >= 0.3 is 0 Å². The van der Waals surface area contributed by atoms with Crippen molar-refractivity contribution in [3.63, 3.8) is 0 Å². The molecule has 0 spiro atoms. The summed E-state index contributed by atoms with van der Waals surface area (Å²) in [5.74, 6) is -0.299. The smallest absolute Gasteiger partial charge is 0.243 e. The average molecular weight is 366 g/mol. The Bertz CT molecular complexity index is 631. The molecule has 0 radical (unpaired) electrons. The molecule has 1 unspecified atom stereocenters. The van der Waals surface area contributed by atoms with Crippen LogP contribution in [0.3, 0.4) is 0 Å². The van der Waals surface area contributed by atoms with Crippen LogP contribution in [0.25, 0.3) is 0 Å². The Labute approximate surface area is 153 Å². The van der Waals surface area contributed by atoms with Crippen LogP contribution in [-0.4, -0.2) is 49.7 Å². The van der Waals surface area contributed by atoms with Gasteiger partial charge in [-0.05, 0) is 32.9 Å². The number of nitrogens with one attached hydrogen (secondary N) is 1. The van der Waals surface area contributed by atoms with Crippen molar-refractivity contribution in [2.75, 3.05) is 25.7 Å². The average Bonchev–Trinajstić information content (AvgIpc) is 2.66. The predicted octanol–water partition coefficient (Wildman–Crippen LogP) is 2.42. The first-order valence-electron chi connectivity index (χ1n) is 8.22. The van der Waals surface area contributed by atoms with Gasteiger partial charge in [-0.2, -0.15) is 0 Å². The minimum atomic E-state index is -0.627. The third-order valence-corrected chi connectivity index (χ3v) is 5.35. The minimum Gasteiger partial charge on any atom is -0.354 e. The fraction of sp³-hybridized carbons (Fsp3) is 0.556. The number of hydrogen-bond donors (Lipinski definition) is 1. The number of amides is 2. The van der Waals surface area contributed by atoms with E-state index in [9.17, 15) is 9.59 Å². The molecule has 1 N–H and O–H groups in total. The van der Waals surface area contributed by atoms with E-state index in [1.54, 1.807) is 23.6 Å². The highest BCUT2D eigenvalue weighted by Crippen LogP contribution is 2.44. The lowest BCUT2D eigenvalue weighted by molar-refractivity contribution is -0.130. The van der Waals surface area contributed by atoms with Gasteiger partial charge in [0.1, 0.15) is 6.04 Å². The second kappa shape index (κ2) is 8.21. The maximum absolute atomic E-state index is 12.9. The standard InChI is InChI=1S/C18H26N2O4S/c1-12(17(22)19-11-16(23-4)24-5)20-13-8-6-7-9-14(13)25-18(2,3)10-15(20)21/h6-9,12,16H,10-11H2,1-5H3,(H,19,22). The molecular weight excluding hydrogens is 340 g/mol. The molecule has 1 aliphatic rings. The van der Waals surface area contributed by atoms with Crippen LogP contribution >= 0.6 is 11.8 Å². The van der Waals surface area contributed by atoms with Crippen molar-refractivity contribution in [3.05, 3.63) is 24.3 Å². The largest absolute Gasteiger partial charge is 0.354 e. The van der Waals surface area contributed by atoms with Gasteiger partial charge in [0.25, 0.3) is 0 Å². The number of benzene rings is 1. The van der Waals surface area contributed by atoms with Gasteiger partial charge in [-0.1, -0.05) is 12.1 Å². The van der Waals surface area contributed by atoms with E-state index in [-0.39, 0.29) is 23.1 Å². The minimum absolute atomic E-state index is 0.0554. The number of fused-ring (bicyclic) bond motifs is 1. The molecule has 1 atom stereocenters. The number of para-hydroxylation sites is 1. The lowest BCUT2D eigenvalue weighted by Gasteiger charge is -2.29. The molecule has 0 saturated heterocycles. The Kier molecular flexibility index (Phi) is 6.48. The molecule has 7 heteroatoms. The Morgan fingerprint density at radius 3 is 2.60 bits per heavy atom. The Hall–Kier alpha value is -1.57. The summed E-state index contributed by atoms with van der Waals surface area (Å²) < 4.78 is 9.93. The van der Waals surface area contributed by atoms with Gasteiger partial charge in [-0.3, -0.25) is 14.5 Å². The van der Waals surface area contributed by atoms with Crippen molar-refractivity contribution in [1.82, 2.24) is 5.32 Å². The number of methoxy groups -OCH3 is 2. The number of hydrogen-bond acceptors (Lipinski definition) is 5. The van der Waals surface area contributed by atoms with E-state index < -0.39 is 12.3 Å². The highest BCUT2D eigenvalue weighted by Gasteiger charge is 2.37. The van der Waals surface area contributed by atoms with Gasteiger partial charge in [-0.15, -0.1) is 11.8 Å². The molecular formula is C18H26N2O4S. The highest BCUT2D eigenvalue weighted by atomic mass is 32.2.